The van der Waals surface area contributed by atoms with Crippen molar-refractivity contribution < 1.29 is 17.9 Å². The maximum absolute atomic E-state index is 13.8. The summed E-state index contributed by atoms with van der Waals surface area (Å²) in [6.45, 7) is 1.96. The van der Waals surface area contributed by atoms with Crippen LogP contribution in [-0.4, -0.2) is 25.5 Å². The number of ether oxygens (including phenoxy) is 1. The predicted molar refractivity (Wildman–Crippen MR) is 121 cm³/mol. The van der Waals surface area contributed by atoms with Crippen molar-refractivity contribution in [3.05, 3.63) is 77.9 Å². The number of hydrogen-bond donors (Lipinski definition) is 0. The maximum Gasteiger partial charge on any atom is 0.337 e. The molecular weight excluding hydrogens is 410 g/mol. The molecule has 6 heteroatoms. The third-order valence-corrected chi connectivity index (χ3v) is 7.85. The second-order valence-corrected chi connectivity index (χ2v) is 9.62. The van der Waals surface area contributed by atoms with E-state index in [9.17, 15) is 13.2 Å². The van der Waals surface area contributed by atoms with Crippen molar-refractivity contribution in [3.63, 3.8) is 0 Å². The molecule has 5 aromatic rings. The Morgan fingerprint density at radius 2 is 1.71 bits per heavy atom. The van der Waals surface area contributed by atoms with Gasteiger partial charge in [-0.25, -0.2) is 17.2 Å². The third kappa shape index (κ3) is 2.25. The van der Waals surface area contributed by atoms with E-state index >= 15 is 0 Å². The van der Waals surface area contributed by atoms with Gasteiger partial charge in [0.1, 0.15) is 0 Å². The first-order valence-electron chi connectivity index (χ1n) is 9.86. The summed E-state index contributed by atoms with van der Waals surface area (Å²) in [4.78, 5) is 12.4. The molecule has 5 nitrogen and oxygen atoms in total. The van der Waals surface area contributed by atoms with Gasteiger partial charge in [0.25, 0.3) is 10.0 Å². The summed E-state index contributed by atoms with van der Waals surface area (Å²) in [7, 11) is -2.55. The number of methoxy groups -OCH3 is 1. The highest BCUT2D eigenvalue weighted by atomic mass is 32.2. The number of hydrogen-bond acceptors (Lipinski definition) is 4. The molecular formula is C25H17NO4S. The second kappa shape index (κ2) is 5.95. The number of carbonyl (C=O) groups is 1. The molecule has 31 heavy (non-hydrogen) atoms. The van der Waals surface area contributed by atoms with Crippen LogP contribution in [0.15, 0.2) is 71.6 Å². The van der Waals surface area contributed by atoms with Crippen molar-refractivity contribution in [3.8, 4) is 11.1 Å². The molecule has 0 amide bonds. The van der Waals surface area contributed by atoms with E-state index in [0.717, 1.165) is 32.7 Å². The third-order valence-electron chi connectivity index (χ3n) is 6.08. The van der Waals surface area contributed by atoms with Gasteiger partial charge in [0.15, 0.2) is 0 Å². The minimum atomic E-state index is -3.86. The number of carbonyl (C=O) groups excluding carboxylic acids is 1. The van der Waals surface area contributed by atoms with Gasteiger partial charge in [-0.3, -0.25) is 0 Å². The monoisotopic (exact) mass is 427 g/mol. The second-order valence-electron chi connectivity index (χ2n) is 7.86. The van der Waals surface area contributed by atoms with E-state index in [2.05, 4.69) is 6.07 Å². The van der Waals surface area contributed by atoms with Crippen molar-refractivity contribution in [2.45, 2.75) is 11.8 Å². The summed E-state index contributed by atoms with van der Waals surface area (Å²) in [5, 5.41) is 3.67. The van der Waals surface area contributed by atoms with Gasteiger partial charge in [0, 0.05) is 21.9 Å². The zero-order valence-corrected chi connectivity index (χ0v) is 17.7. The van der Waals surface area contributed by atoms with Crippen LogP contribution in [0.3, 0.4) is 0 Å². The minimum Gasteiger partial charge on any atom is -0.465 e. The highest BCUT2D eigenvalue weighted by Gasteiger charge is 2.34. The molecule has 4 aromatic carbocycles. The van der Waals surface area contributed by atoms with E-state index in [1.165, 1.54) is 11.1 Å². The Labute approximate surface area is 178 Å². The van der Waals surface area contributed by atoms with Gasteiger partial charge in [0.2, 0.25) is 0 Å². The van der Waals surface area contributed by atoms with Crippen LogP contribution in [0.25, 0.3) is 43.7 Å². The van der Waals surface area contributed by atoms with Crippen molar-refractivity contribution in [1.29, 1.82) is 0 Å². The molecule has 0 fully saturated rings. The van der Waals surface area contributed by atoms with E-state index < -0.39 is 16.0 Å². The molecule has 1 aromatic heterocycles. The zero-order valence-electron chi connectivity index (χ0n) is 16.8. The van der Waals surface area contributed by atoms with Crippen LogP contribution >= 0.6 is 0 Å². The van der Waals surface area contributed by atoms with E-state index in [4.69, 9.17) is 4.74 Å². The van der Waals surface area contributed by atoms with Gasteiger partial charge in [0.05, 0.1) is 28.6 Å². The average Bonchev–Trinajstić information content (AvgIpc) is 3.12. The minimum absolute atomic E-state index is 0.267. The van der Waals surface area contributed by atoms with E-state index in [0.29, 0.717) is 22.2 Å². The van der Waals surface area contributed by atoms with Crippen molar-refractivity contribution in [2.75, 3.05) is 7.11 Å². The van der Waals surface area contributed by atoms with E-state index in [1.807, 2.05) is 49.4 Å². The standard InChI is InChI=1S/C25H17NO4S/c1-14-7-10-22-19(11-14)20-12-15-5-3-4-6-17(15)23-18-9-8-16(25(27)30-2)13-21(18)26(24(20)23)31(22,28)29/h3-13H,1-2H3. The van der Waals surface area contributed by atoms with Crippen LogP contribution in [0.2, 0.25) is 0 Å². The molecule has 0 spiro atoms. The van der Waals surface area contributed by atoms with Gasteiger partial charge in [-0.15, -0.1) is 0 Å². The lowest BCUT2D eigenvalue weighted by molar-refractivity contribution is 0.0601. The highest BCUT2D eigenvalue weighted by Crippen LogP contribution is 2.47. The Hall–Kier alpha value is -3.64. The fourth-order valence-corrected chi connectivity index (χ4v) is 6.45. The fourth-order valence-electron chi connectivity index (χ4n) is 4.73. The maximum atomic E-state index is 13.8. The van der Waals surface area contributed by atoms with Gasteiger partial charge in [-0.2, -0.15) is 0 Å². The number of rotatable bonds is 1. The van der Waals surface area contributed by atoms with Crippen LogP contribution in [0, 0.1) is 6.92 Å². The Balaban J connectivity index is 1.94. The lowest BCUT2D eigenvalue weighted by Crippen LogP contribution is -2.18. The van der Waals surface area contributed by atoms with Gasteiger partial charge >= 0.3 is 5.97 Å². The van der Waals surface area contributed by atoms with Crippen LogP contribution in [0.1, 0.15) is 15.9 Å². The SMILES string of the molecule is COC(=O)c1ccc2c3c4ccccc4cc4c3n(c2c1)S(=O)(=O)c1ccc(C)cc1-4. The summed E-state index contributed by atoms with van der Waals surface area (Å²) in [6.07, 6.45) is 0. The van der Waals surface area contributed by atoms with Crippen LogP contribution in [0.5, 0.6) is 0 Å². The number of esters is 1. The molecule has 6 rings (SSSR count). The smallest absolute Gasteiger partial charge is 0.337 e. The quantitative estimate of drug-likeness (QED) is 0.336. The fraction of sp³-hybridized carbons (Fsp3) is 0.0800. The highest BCUT2D eigenvalue weighted by molar-refractivity contribution is 7.90. The summed E-state index contributed by atoms with van der Waals surface area (Å²) in [5.41, 5.74) is 4.01. The molecule has 0 saturated carbocycles. The Morgan fingerprint density at radius 1 is 0.903 bits per heavy atom. The van der Waals surface area contributed by atoms with Crippen molar-refractivity contribution in [2.24, 2.45) is 0 Å². The molecule has 2 heterocycles. The zero-order chi connectivity index (χ0) is 21.5. The lowest BCUT2D eigenvalue weighted by Gasteiger charge is -2.21. The number of aromatic nitrogens is 1. The summed E-state index contributed by atoms with van der Waals surface area (Å²) >= 11 is 0. The van der Waals surface area contributed by atoms with Crippen LogP contribution in [0.4, 0.5) is 0 Å². The molecule has 1 aliphatic rings. The predicted octanol–water partition coefficient (Wildman–Crippen LogP) is 5.26. The first kappa shape index (κ1) is 18.2. The molecule has 0 N–H and O–H groups in total. The Bertz CT molecular complexity index is 1710. The Kier molecular flexibility index (Phi) is 3.49. The van der Waals surface area contributed by atoms with Gasteiger partial charge in [-0.05, 0) is 48.0 Å². The number of aryl methyl sites for hydroxylation is 1. The Morgan fingerprint density at radius 3 is 2.52 bits per heavy atom. The lowest BCUT2D eigenvalue weighted by atomic mass is 9.95. The average molecular weight is 427 g/mol. The first-order chi connectivity index (χ1) is 14.9. The topological polar surface area (TPSA) is 65.4 Å². The van der Waals surface area contributed by atoms with E-state index in [1.54, 1.807) is 18.2 Å². The summed E-state index contributed by atoms with van der Waals surface area (Å²) < 4.78 is 33.9. The molecule has 1 aliphatic heterocycles. The van der Waals surface area contributed by atoms with Gasteiger partial charge < -0.3 is 4.74 Å². The number of nitrogens with zero attached hydrogens (tertiary/aromatic N) is 1. The number of benzene rings is 4. The summed E-state index contributed by atoms with van der Waals surface area (Å²) in [6, 6.07) is 20.5. The molecule has 0 radical (unpaired) electrons. The summed E-state index contributed by atoms with van der Waals surface area (Å²) in [5.74, 6) is -0.505. The molecule has 0 unspecified atom stereocenters. The van der Waals surface area contributed by atoms with Crippen LogP contribution < -0.4 is 0 Å². The molecule has 0 atom stereocenters. The molecule has 0 saturated heterocycles. The molecule has 0 bridgehead atoms. The first-order valence-corrected chi connectivity index (χ1v) is 11.3. The van der Waals surface area contributed by atoms with Gasteiger partial charge in [-0.1, -0.05) is 42.0 Å². The number of fused-ring (bicyclic) bond motifs is 7. The normalized spacial score (nSPS) is 14.1. The van der Waals surface area contributed by atoms with Crippen molar-refractivity contribution >= 4 is 48.6 Å². The largest absolute Gasteiger partial charge is 0.465 e. The van der Waals surface area contributed by atoms with E-state index in [-0.39, 0.29) is 4.90 Å². The molecule has 152 valence electrons. The van der Waals surface area contributed by atoms with Crippen molar-refractivity contribution in [1.82, 2.24) is 3.97 Å². The molecule has 0 aliphatic carbocycles. The van der Waals surface area contributed by atoms with Crippen LogP contribution in [-0.2, 0) is 14.8 Å².